The lowest BCUT2D eigenvalue weighted by Gasteiger charge is -2.65. The number of rotatable bonds is 14. The third kappa shape index (κ3) is 9.43. The lowest BCUT2D eigenvalue weighted by atomic mass is 9.43. The highest BCUT2D eigenvalue weighted by molar-refractivity contribution is 5.77. The van der Waals surface area contributed by atoms with Crippen molar-refractivity contribution in [2.45, 2.75) is 115 Å². The summed E-state index contributed by atoms with van der Waals surface area (Å²) in [6.45, 7) is 4.74. The summed E-state index contributed by atoms with van der Waals surface area (Å²) < 4.78 is 38.6. The molecule has 2 unspecified atom stereocenters. The van der Waals surface area contributed by atoms with Crippen LogP contribution in [0.2, 0.25) is 0 Å². The number of cyclic esters (lactones) is 1. The van der Waals surface area contributed by atoms with Gasteiger partial charge in [-0.25, -0.2) is 9.59 Å². The summed E-state index contributed by atoms with van der Waals surface area (Å²) in [5.74, 6) is 1.23. The van der Waals surface area contributed by atoms with Gasteiger partial charge < -0.3 is 49.5 Å². The van der Waals surface area contributed by atoms with Crippen LogP contribution in [0.5, 0.6) is 23.0 Å². The van der Waals surface area contributed by atoms with Gasteiger partial charge in [0, 0.05) is 17.5 Å². The molecule has 14 nitrogen and oxygen atoms in total. The van der Waals surface area contributed by atoms with Gasteiger partial charge in [-0.05, 0) is 129 Å². The van der Waals surface area contributed by atoms with Gasteiger partial charge in [-0.1, -0.05) is 26.0 Å². The number of hydrogen-bond acceptors (Lipinski definition) is 12. The molecule has 5 aliphatic carbocycles. The van der Waals surface area contributed by atoms with Crippen LogP contribution in [0.4, 0.5) is 9.59 Å². The lowest BCUT2D eigenvalue weighted by Crippen LogP contribution is -2.65. The Bertz CT molecular complexity index is 1840. The molecule has 316 valence electrons. The Balaban J connectivity index is 0.829. The van der Waals surface area contributed by atoms with E-state index in [1.807, 2.05) is 24.3 Å². The van der Waals surface area contributed by atoms with E-state index in [0.29, 0.717) is 68.3 Å². The van der Waals surface area contributed by atoms with Crippen molar-refractivity contribution in [2.24, 2.45) is 34.3 Å². The number of ether oxygens (including phenoxy) is 7. The molecule has 0 spiro atoms. The molecular formula is C44H59N3O11. The fraction of sp³-hybridized carbons (Fsp3) is 0.636. The first-order valence-corrected chi connectivity index (χ1v) is 20.6. The molecule has 8 rings (SSSR count). The minimum atomic E-state index is -1.10. The van der Waals surface area contributed by atoms with E-state index in [1.54, 1.807) is 26.4 Å². The van der Waals surface area contributed by atoms with Gasteiger partial charge in [0.15, 0.2) is 23.0 Å². The molecule has 2 aromatic rings. The fourth-order valence-electron chi connectivity index (χ4n) is 11.5. The van der Waals surface area contributed by atoms with E-state index < -0.39 is 24.2 Å². The molecule has 6 fully saturated rings. The number of alkyl carbamates (subject to hydrolysis) is 1. The molecule has 14 heteroatoms. The minimum Gasteiger partial charge on any atom is -0.493 e. The van der Waals surface area contributed by atoms with Gasteiger partial charge in [-0.3, -0.25) is 9.59 Å². The zero-order valence-electron chi connectivity index (χ0n) is 34.4. The molecule has 1 saturated heterocycles. The number of esters is 2. The Morgan fingerprint density at radius 1 is 0.810 bits per heavy atom. The Hall–Kier alpha value is -4.72. The molecule has 1 aliphatic heterocycles. The van der Waals surface area contributed by atoms with Crippen LogP contribution < -0.4 is 35.3 Å². The summed E-state index contributed by atoms with van der Waals surface area (Å²) in [4.78, 5) is 51.5. The van der Waals surface area contributed by atoms with E-state index in [4.69, 9.17) is 38.9 Å². The number of carbonyl (C=O) groups excluding carboxylic acids is 4. The fourth-order valence-corrected chi connectivity index (χ4v) is 11.5. The van der Waals surface area contributed by atoms with Gasteiger partial charge in [0.05, 0.1) is 33.9 Å². The highest BCUT2D eigenvalue weighted by Crippen LogP contribution is 2.66. The number of benzene rings is 2. The van der Waals surface area contributed by atoms with Crippen LogP contribution >= 0.6 is 0 Å². The minimum absolute atomic E-state index is 0.0375. The summed E-state index contributed by atoms with van der Waals surface area (Å²) in [7, 11) is 4.67. The number of carbonyl (C=O) groups is 4. The number of methoxy groups -OCH3 is 3. The molecule has 4 N–H and O–H groups in total. The van der Waals surface area contributed by atoms with Crippen molar-refractivity contribution in [1.29, 1.82) is 0 Å². The second-order valence-electron chi connectivity index (χ2n) is 18.3. The van der Waals surface area contributed by atoms with Crippen molar-refractivity contribution < 1.29 is 52.3 Å². The Kier molecular flexibility index (Phi) is 12.1. The first-order chi connectivity index (χ1) is 27.7. The highest BCUT2D eigenvalue weighted by atomic mass is 16.6. The lowest BCUT2D eigenvalue weighted by molar-refractivity contribution is -0.153. The van der Waals surface area contributed by atoms with Crippen molar-refractivity contribution in [3.8, 4) is 23.0 Å². The molecule has 4 bridgehead atoms. The zero-order chi connectivity index (χ0) is 41.2. The maximum absolute atomic E-state index is 13.0. The van der Waals surface area contributed by atoms with Crippen LogP contribution in [0.3, 0.4) is 0 Å². The van der Waals surface area contributed by atoms with Crippen LogP contribution in [0.25, 0.3) is 0 Å². The Labute approximate surface area is 340 Å². The third-order valence-electron chi connectivity index (χ3n) is 13.1. The van der Waals surface area contributed by atoms with E-state index in [9.17, 15) is 19.2 Å². The molecule has 0 aromatic heterocycles. The quantitative estimate of drug-likeness (QED) is 0.149. The molecule has 2 amide bonds. The maximum atomic E-state index is 13.0. The second-order valence-corrected chi connectivity index (χ2v) is 18.3. The first-order valence-electron chi connectivity index (χ1n) is 20.6. The van der Waals surface area contributed by atoms with Gasteiger partial charge in [0.25, 0.3) is 0 Å². The monoisotopic (exact) mass is 805 g/mol. The van der Waals surface area contributed by atoms with Crippen LogP contribution in [-0.2, 0) is 36.6 Å². The molecule has 5 saturated carbocycles. The van der Waals surface area contributed by atoms with E-state index in [0.717, 1.165) is 30.4 Å². The van der Waals surface area contributed by atoms with Crippen LogP contribution in [0.15, 0.2) is 36.4 Å². The number of hydrogen-bond donors (Lipinski definition) is 3. The van der Waals surface area contributed by atoms with Crippen molar-refractivity contribution >= 4 is 24.1 Å². The summed E-state index contributed by atoms with van der Waals surface area (Å²) in [6, 6.07) is 9.70. The van der Waals surface area contributed by atoms with Gasteiger partial charge in [-0.2, -0.15) is 0 Å². The number of amides is 2. The molecule has 6 aliphatic rings. The number of nitrogens with one attached hydrogen (secondary N) is 2. The molecule has 1 heterocycles. The second kappa shape index (κ2) is 16.9. The maximum Gasteiger partial charge on any atom is 0.412 e. The van der Waals surface area contributed by atoms with Crippen molar-refractivity contribution in [3.05, 3.63) is 47.5 Å². The Morgan fingerprint density at radius 3 is 2.07 bits per heavy atom. The average molecular weight is 806 g/mol. The van der Waals surface area contributed by atoms with Gasteiger partial charge >= 0.3 is 24.1 Å². The van der Waals surface area contributed by atoms with E-state index in [2.05, 4.69) is 24.5 Å². The molecule has 2 aromatic carbocycles. The van der Waals surface area contributed by atoms with E-state index >= 15 is 0 Å². The average Bonchev–Trinajstić information content (AvgIpc) is 3.50. The molecule has 58 heavy (non-hydrogen) atoms. The van der Waals surface area contributed by atoms with Crippen molar-refractivity contribution in [3.63, 3.8) is 0 Å². The summed E-state index contributed by atoms with van der Waals surface area (Å²) in [5.41, 5.74) is 8.18. The van der Waals surface area contributed by atoms with Crippen LogP contribution in [-0.4, -0.2) is 82.4 Å². The van der Waals surface area contributed by atoms with E-state index in [1.165, 1.54) is 26.4 Å². The molecule has 5 atom stereocenters. The van der Waals surface area contributed by atoms with Gasteiger partial charge in [0.1, 0.15) is 18.8 Å². The van der Waals surface area contributed by atoms with Gasteiger partial charge in [0.2, 0.25) is 0 Å². The largest absolute Gasteiger partial charge is 0.493 e. The van der Waals surface area contributed by atoms with Crippen LogP contribution in [0, 0.1) is 28.6 Å². The summed E-state index contributed by atoms with van der Waals surface area (Å²) in [6.07, 6.45) is 8.26. The number of nitrogens with two attached hydrogens (primary N) is 1. The topological polar surface area (TPSA) is 183 Å². The summed E-state index contributed by atoms with van der Waals surface area (Å²) >= 11 is 0. The van der Waals surface area contributed by atoms with Crippen molar-refractivity contribution in [2.75, 3.05) is 34.5 Å². The molecule has 0 radical (unpaired) electrons. The first kappa shape index (κ1) is 41.4. The predicted molar refractivity (Wildman–Crippen MR) is 212 cm³/mol. The SMILES string of the molecule is COc1ccc(C[C@@H]2COC(=O)[C@H]2Cc2ccc(OC(=O)N[C@H]3CC[C@H](OC(=O)[C@H](N)COC(=O)NC45CC6CC(C)(CC(C)(C6)C4)C5)CC3)c(OC)c2)cc1OC. The predicted octanol–water partition coefficient (Wildman–Crippen LogP) is 6.03. The van der Waals surface area contributed by atoms with Crippen molar-refractivity contribution in [1.82, 2.24) is 10.6 Å². The normalized spacial score (nSPS) is 31.4. The highest BCUT2D eigenvalue weighted by Gasteiger charge is 2.60. The zero-order valence-corrected chi connectivity index (χ0v) is 34.4. The smallest absolute Gasteiger partial charge is 0.412 e. The summed E-state index contributed by atoms with van der Waals surface area (Å²) in [5, 5.41) is 6.09. The van der Waals surface area contributed by atoms with E-state index in [-0.39, 0.29) is 58.7 Å². The Morgan fingerprint density at radius 2 is 1.43 bits per heavy atom. The molecular weight excluding hydrogens is 746 g/mol. The standard InChI is InChI=1S/C44H59N3O11/c1-42-18-28-19-43(2,23-42)25-44(20-28,24-42)47-41(51)56-22-33(45)39(49)57-31-10-8-30(9-11-31)46-40(50)58-35-13-7-27(17-37(35)54-5)15-32-29(21-55-38(32)48)14-26-6-12-34(52-3)36(16-26)53-4/h6-7,12-13,16-17,28-33H,8-11,14-15,18-25,45H2,1-5H3,(H,46,50)(H,47,51)/t28?,29-,30-,31-,32+,33-,42?,43?,44?/m1/s1. The van der Waals surface area contributed by atoms with Gasteiger partial charge in [-0.15, -0.1) is 0 Å². The third-order valence-corrected chi connectivity index (χ3v) is 13.1. The van der Waals surface area contributed by atoms with Crippen LogP contribution in [0.1, 0.15) is 89.2 Å².